The molecule has 1 N–H and O–H groups in total. The van der Waals surface area contributed by atoms with Gasteiger partial charge in [0.1, 0.15) is 0 Å². The summed E-state index contributed by atoms with van der Waals surface area (Å²) < 4.78 is 0.891. The zero-order valence-corrected chi connectivity index (χ0v) is 9.52. The van der Waals surface area contributed by atoms with Crippen molar-refractivity contribution < 1.29 is 9.90 Å². The number of carboxylic acids is 1. The molecule has 0 aromatic heterocycles. The van der Waals surface area contributed by atoms with Gasteiger partial charge in [-0.15, -0.1) is 12.6 Å². The molecule has 0 radical (unpaired) electrons. The molecule has 0 fully saturated rings. The maximum atomic E-state index is 10.5. The summed E-state index contributed by atoms with van der Waals surface area (Å²) in [4.78, 5) is 11.3. The van der Waals surface area contributed by atoms with Crippen LogP contribution < -0.4 is 0 Å². The van der Waals surface area contributed by atoms with Crippen LogP contribution in [0.1, 0.15) is 11.1 Å². The number of rotatable bonds is 2. The third-order valence-corrected chi connectivity index (χ3v) is 3.38. The fraction of sp³-hybridized carbons (Fsp3) is 0.222. The lowest BCUT2D eigenvalue weighted by Crippen LogP contribution is -2.02. The Morgan fingerprint density at radius 1 is 1.62 bits per heavy atom. The predicted molar refractivity (Wildman–Crippen MR) is 57.5 cm³/mol. The highest BCUT2D eigenvalue weighted by Gasteiger charge is 2.07. The number of hydrogen-bond acceptors (Lipinski definition) is 2. The van der Waals surface area contributed by atoms with Gasteiger partial charge in [0.25, 0.3) is 0 Å². The van der Waals surface area contributed by atoms with E-state index in [0.29, 0.717) is 0 Å². The predicted octanol–water partition coefficient (Wildman–Crippen LogP) is 2.67. The van der Waals surface area contributed by atoms with Gasteiger partial charge < -0.3 is 5.11 Å². The highest BCUT2D eigenvalue weighted by Crippen LogP contribution is 2.26. The highest BCUT2D eigenvalue weighted by molar-refractivity contribution is 9.10. The fourth-order valence-electron chi connectivity index (χ4n) is 1.06. The molecule has 0 aliphatic carbocycles. The molecule has 0 aliphatic rings. The summed E-state index contributed by atoms with van der Waals surface area (Å²) in [6.45, 7) is 1.87. The molecule has 70 valence electrons. The molecular weight excluding hydrogens is 252 g/mol. The largest absolute Gasteiger partial charge is 0.481 e. The molecule has 13 heavy (non-hydrogen) atoms. The van der Waals surface area contributed by atoms with Gasteiger partial charge in [0.15, 0.2) is 0 Å². The van der Waals surface area contributed by atoms with Gasteiger partial charge in [-0.1, -0.05) is 6.07 Å². The average Bonchev–Trinajstić information content (AvgIpc) is 2.06. The second-order valence-corrected chi connectivity index (χ2v) is 4.05. The van der Waals surface area contributed by atoms with Crippen LogP contribution in [0.5, 0.6) is 0 Å². The van der Waals surface area contributed by atoms with Gasteiger partial charge in [0, 0.05) is 9.37 Å². The van der Waals surface area contributed by atoms with Gasteiger partial charge in [0.05, 0.1) is 6.42 Å². The first-order valence-corrected chi connectivity index (χ1v) is 4.95. The van der Waals surface area contributed by atoms with Crippen LogP contribution in [0.3, 0.4) is 0 Å². The van der Waals surface area contributed by atoms with Gasteiger partial charge in [-0.3, -0.25) is 4.79 Å². The maximum Gasteiger partial charge on any atom is 0.307 e. The first-order valence-electron chi connectivity index (χ1n) is 3.71. The summed E-state index contributed by atoms with van der Waals surface area (Å²) in [6, 6.07) is 3.61. The Hall–Kier alpha value is -0.480. The third kappa shape index (κ3) is 2.48. The summed E-state index contributed by atoms with van der Waals surface area (Å²) in [5.41, 5.74) is 1.72. The molecule has 1 aromatic carbocycles. The molecule has 0 saturated carbocycles. The van der Waals surface area contributed by atoms with E-state index >= 15 is 0 Å². The van der Waals surface area contributed by atoms with E-state index in [1.165, 1.54) is 0 Å². The van der Waals surface area contributed by atoms with Crippen molar-refractivity contribution in [2.75, 3.05) is 0 Å². The van der Waals surface area contributed by atoms with E-state index < -0.39 is 5.97 Å². The fourth-order valence-corrected chi connectivity index (χ4v) is 1.71. The lowest BCUT2D eigenvalue weighted by molar-refractivity contribution is -0.136. The van der Waals surface area contributed by atoms with E-state index in [1.54, 1.807) is 6.07 Å². The number of benzene rings is 1. The summed E-state index contributed by atoms with van der Waals surface area (Å²) in [6.07, 6.45) is 0.0483. The molecule has 0 saturated heterocycles. The van der Waals surface area contributed by atoms with Crippen LogP contribution >= 0.6 is 28.6 Å². The number of halogens is 1. The Morgan fingerprint density at radius 3 is 2.77 bits per heavy atom. The average molecular weight is 261 g/mol. The van der Waals surface area contributed by atoms with Crippen molar-refractivity contribution in [1.82, 2.24) is 0 Å². The Balaban J connectivity index is 3.10. The summed E-state index contributed by atoms with van der Waals surface area (Å²) in [5, 5.41) is 8.61. The lowest BCUT2D eigenvalue weighted by Gasteiger charge is -2.07. The summed E-state index contributed by atoms with van der Waals surface area (Å²) in [5.74, 6) is -0.821. The zero-order valence-electron chi connectivity index (χ0n) is 7.04. The van der Waals surface area contributed by atoms with Gasteiger partial charge in [0.2, 0.25) is 0 Å². The van der Waals surface area contributed by atoms with Crippen LogP contribution in [0.15, 0.2) is 21.5 Å². The Morgan fingerprint density at radius 2 is 2.23 bits per heavy atom. The molecule has 0 spiro atoms. The highest BCUT2D eigenvalue weighted by atomic mass is 79.9. The third-order valence-electron chi connectivity index (χ3n) is 1.84. The van der Waals surface area contributed by atoms with E-state index in [9.17, 15) is 4.79 Å². The molecule has 0 aliphatic heterocycles. The van der Waals surface area contributed by atoms with E-state index in [2.05, 4.69) is 28.6 Å². The molecule has 2 nitrogen and oxygen atoms in total. The number of hydrogen-bond donors (Lipinski definition) is 2. The topological polar surface area (TPSA) is 37.3 Å². The van der Waals surface area contributed by atoms with Crippen LogP contribution in [-0.2, 0) is 11.2 Å². The number of carbonyl (C=O) groups is 1. The summed E-state index contributed by atoms with van der Waals surface area (Å²) in [7, 11) is 0. The maximum absolute atomic E-state index is 10.5. The van der Waals surface area contributed by atoms with Crippen molar-refractivity contribution in [3.8, 4) is 0 Å². The minimum atomic E-state index is -0.821. The molecule has 1 rings (SSSR count). The molecule has 0 unspecified atom stereocenters. The molecular formula is C9H9BrO2S. The monoisotopic (exact) mass is 260 g/mol. The molecule has 4 heteroatoms. The second-order valence-electron chi connectivity index (χ2n) is 2.75. The number of aliphatic carboxylic acids is 1. The Labute approximate surface area is 90.5 Å². The SMILES string of the molecule is Cc1c(CC(=O)O)ccc(Br)c1S. The Kier molecular flexibility index (Phi) is 3.39. The van der Waals surface area contributed by atoms with E-state index in [4.69, 9.17) is 5.11 Å². The quantitative estimate of drug-likeness (QED) is 0.803. The van der Waals surface area contributed by atoms with Crippen molar-refractivity contribution in [3.63, 3.8) is 0 Å². The van der Waals surface area contributed by atoms with Crippen molar-refractivity contribution >= 4 is 34.5 Å². The second kappa shape index (κ2) is 4.15. The van der Waals surface area contributed by atoms with E-state index in [-0.39, 0.29) is 6.42 Å². The van der Waals surface area contributed by atoms with Gasteiger partial charge in [-0.2, -0.15) is 0 Å². The number of carboxylic acid groups (broad SMARTS) is 1. The number of thiol groups is 1. The molecule has 0 amide bonds. The molecule has 0 heterocycles. The summed E-state index contributed by atoms with van der Waals surface area (Å²) >= 11 is 7.59. The van der Waals surface area contributed by atoms with Gasteiger partial charge >= 0.3 is 5.97 Å². The molecule has 0 atom stereocenters. The minimum Gasteiger partial charge on any atom is -0.481 e. The first kappa shape index (κ1) is 10.6. The van der Waals surface area contributed by atoms with Crippen molar-refractivity contribution in [2.24, 2.45) is 0 Å². The standard InChI is InChI=1S/C9H9BrO2S/c1-5-6(4-8(11)12)2-3-7(10)9(5)13/h2-3,13H,4H2,1H3,(H,11,12). The zero-order chi connectivity index (χ0) is 10.0. The smallest absolute Gasteiger partial charge is 0.307 e. The van der Waals surface area contributed by atoms with Crippen LogP contribution in [-0.4, -0.2) is 11.1 Å². The lowest BCUT2D eigenvalue weighted by atomic mass is 10.1. The minimum absolute atomic E-state index is 0.0483. The van der Waals surface area contributed by atoms with E-state index in [0.717, 1.165) is 20.5 Å². The van der Waals surface area contributed by atoms with Crippen molar-refractivity contribution in [2.45, 2.75) is 18.2 Å². The van der Waals surface area contributed by atoms with Gasteiger partial charge in [-0.05, 0) is 40.0 Å². The molecule has 1 aromatic rings. The van der Waals surface area contributed by atoms with Crippen LogP contribution in [0.2, 0.25) is 0 Å². The first-order chi connectivity index (χ1) is 6.02. The van der Waals surface area contributed by atoms with Crippen molar-refractivity contribution in [3.05, 3.63) is 27.7 Å². The van der Waals surface area contributed by atoms with Crippen LogP contribution in [0.4, 0.5) is 0 Å². The van der Waals surface area contributed by atoms with Crippen LogP contribution in [0.25, 0.3) is 0 Å². The van der Waals surface area contributed by atoms with E-state index in [1.807, 2.05) is 13.0 Å². The van der Waals surface area contributed by atoms with Gasteiger partial charge in [-0.25, -0.2) is 0 Å². The van der Waals surface area contributed by atoms with Crippen LogP contribution in [0, 0.1) is 6.92 Å². The molecule has 0 bridgehead atoms. The van der Waals surface area contributed by atoms with Crippen molar-refractivity contribution in [1.29, 1.82) is 0 Å². The normalized spacial score (nSPS) is 10.1. The Bertz CT molecular complexity index is 350.